The number of nitrogens with one attached hydrogen (secondary N) is 1. The van der Waals surface area contributed by atoms with Gasteiger partial charge in [-0.05, 0) is 12.8 Å². The third-order valence-corrected chi connectivity index (χ3v) is 2.21. The Morgan fingerprint density at radius 1 is 1.42 bits per heavy atom. The van der Waals surface area contributed by atoms with Crippen molar-refractivity contribution >= 4 is 5.91 Å². The fourth-order valence-electron chi connectivity index (χ4n) is 1.40. The minimum Gasteiger partial charge on any atom is -0.377 e. The first-order chi connectivity index (χ1) is 5.86. The molecule has 0 aromatic heterocycles. The lowest BCUT2D eigenvalue weighted by atomic mass is 10.2. The molecule has 2 aliphatic rings. The van der Waals surface area contributed by atoms with E-state index in [1.165, 1.54) is 0 Å². The van der Waals surface area contributed by atoms with Gasteiger partial charge in [-0.1, -0.05) is 0 Å². The van der Waals surface area contributed by atoms with E-state index in [0.29, 0.717) is 13.2 Å². The summed E-state index contributed by atoms with van der Waals surface area (Å²) in [7, 11) is 0. The molecule has 0 bridgehead atoms. The summed E-state index contributed by atoms with van der Waals surface area (Å²) in [5, 5.41) is 2.87. The van der Waals surface area contributed by atoms with Crippen LogP contribution in [-0.4, -0.2) is 37.9 Å². The fraction of sp³-hybridized carbons (Fsp3) is 0.875. The zero-order valence-electron chi connectivity index (χ0n) is 6.91. The minimum atomic E-state index is -0.203. The van der Waals surface area contributed by atoms with E-state index < -0.39 is 0 Å². The Hall–Kier alpha value is -0.610. The number of carbonyl (C=O) groups is 1. The van der Waals surface area contributed by atoms with Crippen LogP contribution in [0.2, 0.25) is 0 Å². The molecule has 2 rings (SSSR count). The normalized spacial score (nSPS) is 29.8. The first kappa shape index (κ1) is 8.01. The van der Waals surface area contributed by atoms with Gasteiger partial charge in [-0.15, -0.1) is 0 Å². The number of ether oxygens (including phenoxy) is 2. The van der Waals surface area contributed by atoms with Gasteiger partial charge in [-0.2, -0.15) is 0 Å². The van der Waals surface area contributed by atoms with E-state index in [-0.39, 0.29) is 18.1 Å². The van der Waals surface area contributed by atoms with Crippen molar-refractivity contribution in [3.05, 3.63) is 0 Å². The summed E-state index contributed by atoms with van der Waals surface area (Å²) in [5.41, 5.74) is 0. The number of amides is 1. The van der Waals surface area contributed by atoms with Crippen molar-refractivity contribution in [2.24, 2.45) is 0 Å². The van der Waals surface area contributed by atoms with Gasteiger partial charge in [0.1, 0.15) is 6.10 Å². The highest BCUT2D eigenvalue weighted by Gasteiger charge is 2.27. The van der Waals surface area contributed by atoms with E-state index in [1.807, 2.05) is 0 Å². The molecule has 2 aliphatic heterocycles. The Morgan fingerprint density at radius 3 is 2.75 bits per heavy atom. The fourth-order valence-corrected chi connectivity index (χ4v) is 1.40. The lowest BCUT2D eigenvalue weighted by Crippen LogP contribution is -2.51. The molecule has 2 heterocycles. The van der Waals surface area contributed by atoms with Crippen LogP contribution in [0.4, 0.5) is 0 Å². The zero-order valence-corrected chi connectivity index (χ0v) is 6.91. The molecule has 1 N–H and O–H groups in total. The highest BCUT2D eigenvalue weighted by molar-refractivity contribution is 5.81. The van der Waals surface area contributed by atoms with Crippen LogP contribution in [0.5, 0.6) is 0 Å². The smallest absolute Gasteiger partial charge is 0.249 e. The predicted octanol–water partition coefficient (Wildman–Crippen LogP) is -0.320. The summed E-state index contributed by atoms with van der Waals surface area (Å²) < 4.78 is 10.2. The molecule has 1 atom stereocenters. The molecule has 2 saturated heterocycles. The first-order valence-corrected chi connectivity index (χ1v) is 4.36. The van der Waals surface area contributed by atoms with Crippen molar-refractivity contribution in [3.8, 4) is 0 Å². The van der Waals surface area contributed by atoms with E-state index in [0.717, 1.165) is 19.4 Å². The maximum absolute atomic E-state index is 11.4. The minimum absolute atomic E-state index is 0.0285. The highest BCUT2D eigenvalue weighted by Crippen LogP contribution is 2.12. The summed E-state index contributed by atoms with van der Waals surface area (Å²) in [6, 6.07) is 0.224. The molecule has 0 aromatic carbocycles. The van der Waals surface area contributed by atoms with Crippen LogP contribution in [0.3, 0.4) is 0 Å². The third kappa shape index (κ3) is 1.59. The summed E-state index contributed by atoms with van der Waals surface area (Å²) in [6.07, 6.45) is 1.66. The Labute approximate surface area is 71.2 Å². The number of hydrogen-bond donors (Lipinski definition) is 1. The van der Waals surface area contributed by atoms with E-state index in [2.05, 4.69) is 5.32 Å². The van der Waals surface area contributed by atoms with Gasteiger partial charge in [-0.25, -0.2) is 0 Å². The second-order valence-electron chi connectivity index (χ2n) is 3.24. The molecule has 1 unspecified atom stereocenters. The van der Waals surface area contributed by atoms with Gasteiger partial charge < -0.3 is 14.8 Å². The summed E-state index contributed by atoms with van der Waals surface area (Å²) >= 11 is 0. The number of hydrogen-bond acceptors (Lipinski definition) is 3. The molecule has 0 saturated carbocycles. The third-order valence-electron chi connectivity index (χ3n) is 2.21. The molecule has 4 nitrogen and oxygen atoms in total. The van der Waals surface area contributed by atoms with Crippen LogP contribution in [0, 0.1) is 0 Å². The number of rotatable bonds is 2. The van der Waals surface area contributed by atoms with Crippen LogP contribution in [0.25, 0.3) is 0 Å². The summed E-state index contributed by atoms with van der Waals surface area (Å²) in [5.74, 6) is 0.0285. The molecule has 0 spiro atoms. The van der Waals surface area contributed by atoms with Crippen LogP contribution in [0.1, 0.15) is 12.8 Å². The summed E-state index contributed by atoms with van der Waals surface area (Å²) in [6.45, 7) is 2.02. The van der Waals surface area contributed by atoms with Crippen molar-refractivity contribution in [3.63, 3.8) is 0 Å². The van der Waals surface area contributed by atoms with E-state index in [9.17, 15) is 4.79 Å². The van der Waals surface area contributed by atoms with Gasteiger partial charge >= 0.3 is 0 Å². The molecule has 0 aromatic rings. The molecule has 0 aliphatic carbocycles. The Balaban J connectivity index is 1.74. The van der Waals surface area contributed by atoms with Gasteiger partial charge in [0, 0.05) is 6.61 Å². The van der Waals surface area contributed by atoms with Gasteiger partial charge in [0.15, 0.2) is 0 Å². The van der Waals surface area contributed by atoms with E-state index in [1.54, 1.807) is 0 Å². The topological polar surface area (TPSA) is 47.6 Å². The van der Waals surface area contributed by atoms with Crippen LogP contribution >= 0.6 is 0 Å². The van der Waals surface area contributed by atoms with Gasteiger partial charge in [0.05, 0.1) is 19.3 Å². The van der Waals surface area contributed by atoms with E-state index in [4.69, 9.17) is 9.47 Å². The maximum atomic E-state index is 11.4. The SMILES string of the molecule is O=C(NC1COC1)C1CCCO1. The molecular formula is C8H13NO3. The Bertz CT molecular complexity index is 173. The molecule has 12 heavy (non-hydrogen) atoms. The van der Waals surface area contributed by atoms with Crippen molar-refractivity contribution in [1.29, 1.82) is 0 Å². The van der Waals surface area contributed by atoms with Gasteiger partial charge in [-0.3, -0.25) is 4.79 Å². The molecule has 68 valence electrons. The highest BCUT2D eigenvalue weighted by atomic mass is 16.5. The monoisotopic (exact) mass is 171 g/mol. The lowest BCUT2D eigenvalue weighted by molar-refractivity contribution is -0.134. The van der Waals surface area contributed by atoms with E-state index >= 15 is 0 Å². The van der Waals surface area contributed by atoms with Gasteiger partial charge in [0.2, 0.25) is 5.91 Å². The first-order valence-electron chi connectivity index (χ1n) is 4.36. The molecule has 4 heteroatoms. The van der Waals surface area contributed by atoms with Crippen molar-refractivity contribution in [2.45, 2.75) is 25.0 Å². The Morgan fingerprint density at radius 2 is 2.25 bits per heavy atom. The van der Waals surface area contributed by atoms with Crippen molar-refractivity contribution < 1.29 is 14.3 Å². The van der Waals surface area contributed by atoms with Crippen molar-refractivity contribution in [1.82, 2.24) is 5.32 Å². The van der Waals surface area contributed by atoms with Gasteiger partial charge in [0.25, 0.3) is 0 Å². The zero-order chi connectivity index (χ0) is 8.39. The summed E-state index contributed by atoms with van der Waals surface area (Å²) in [4.78, 5) is 11.4. The average molecular weight is 171 g/mol. The van der Waals surface area contributed by atoms with Crippen LogP contribution in [-0.2, 0) is 14.3 Å². The molecule has 1 amide bonds. The second-order valence-corrected chi connectivity index (χ2v) is 3.24. The number of carbonyl (C=O) groups excluding carboxylic acids is 1. The van der Waals surface area contributed by atoms with Crippen LogP contribution < -0.4 is 5.32 Å². The molecular weight excluding hydrogens is 158 g/mol. The lowest BCUT2D eigenvalue weighted by Gasteiger charge is -2.27. The predicted molar refractivity (Wildman–Crippen MR) is 41.7 cm³/mol. The maximum Gasteiger partial charge on any atom is 0.249 e. The molecule has 0 radical (unpaired) electrons. The van der Waals surface area contributed by atoms with Crippen molar-refractivity contribution in [2.75, 3.05) is 19.8 Å². The Kier molecular flexibility index (Phi) is 2.28. The molecule has 2 fully saturated rings. The largest absolute Gasteiger partial charge is 0.377 e. The van der Waals surface area contributed by atoms with Crippen LogP contribution in [0.15, 0.2) is 0 Å². The standard InChI is InChI=1S/C8H13NO3/c10-8(7-2-1-3-12-7)9-6-4-11-5-6/h6-7H,1-5H2,(H,9,10). The quantitative estimate of drug-likeness (QED) is 0.619. The second kappa shape index (κ2) is 3.41. The average Bonchev–Trinajstić information content (AvgIpc) is 2.47.